The maximum atomic E-state index is 10.9. The topological polar surface area (TPSA) is 17.1 Å². The zero-order valence-electron chi connectivity index (χ0n) is 5.06. The van der Waals surface area contributed by atoms with Crippen LogP contribution in [0.25, 0.3) is 0 Å². The lowest BCUT2D eigenvalue weighted by atomic mass is 11.0. The summed E-state index contributed by atoms with van der Waals surface area (Å²) in [7, 11) is 0. The molecule has 0 saturated carbocycles. The van der Waals surface area contributed by atoms with Crippen molar-refractivity contribution in [3.05, 3.63) is 0 Å². The van der Waals surface area contributed by atoms with Gasteiger partial charge in [0.25, 0.3) is 0 Å². The summed E-state index contributed by atoms with van der Waals surface area (Å²) in [6, 6.07) is 0. The molecule has 0 amide bonds. The molecule has 1 nitrogen and oxygen atoms in total. The van der Waals surface area contributed by atoms with Gasteiger partial charge >= 0.3 is 0 Å². The van der Waals surface area contributed by atoms with Crippen LogP contribution in [0.4, 0.5) is 0 Å². The maximum Gasteiger partial charge on any atom is 0.221 e. The summed E-state index contributed by atoms with van der Waals surface area (Å²) in [5.74, 6) is 0.842. The Morgan fingerprint density at radius 3 is 2.25 bits per heavy atom. The molecule has 0 aromatic carbocycles. The molecule has 0 aliphatic rings. The van der Waals surface area contributed by atoms with Crippen LogP contribution in [0.2, 0.25) is 0 Å². The van der Waals surface area contributed by atoms with Crippen molar-refractivity contribution in [2.45, 2.75) is 13.8 Å². The van der Waals surface area contributed by atoms with Crippen LogP contribution < -0.4 is 0 Å². The molecule has 0 spiro atoms. The van der Waals surface area contributed by atoms with Gasteiger partial charge in [-0.1, -0.05) is 25.2 Å². The molecule has 0 N–H and O–H groups in total. The summed E-state index contributed by atoms with van der Waals surface area (Å²) in [4.78, 5) is 0. The lowest BCUT2D eigenvalue weighted by molar-refractivity contribution is 0.594. The second kappa shape index (κ2) is 3.81. The van der Waals surface area contributed by atoms with Gasteiger partial charge in [-0.25, -0.2) is 0 Å². The third-order valence-corrected chi connectivity index (χ3v) is 6.40. The van der Waals surface area contributed by atoms with Gasteiger partial charge in [0.1, 0.15) is 0 Å². The first-order valence-corrected chi connectivity index (χ1v) is 6.94. The van der Waals surface area contributed by atoms with Crippen molar-refractivity contribution < 1.29 is 4.57 Å². The van der Waals surface area contributed by atoms with Gasteiger partial charge in [0.15, 0.2) is 0 Å². The molecule has 4 heteroatoms. The van der Waals surface area contributed by atoms with Crippen molar-refractivity contribution in [3.63, 3.8) is 0 Å². The highest BCUT2D eigenvalue weighted by Crippen LogP contribution is 2.62. The highest BCUT2D eigenvalue weighted by atomic mass is 35.7. The SMILES string of the molecule is CCSP(=O)(Cl)CC. The van der Waals surface area contributed by atoms with E-state index in [1.54, 1.807) is 0 Å². The standard InChI is InChI=1S/C4H10ClOPS/c1-3-7(5,6)8-4-2/h3-4H2,1-2H3. The van der Waals surface area contributed by atoms with E-state index < -0.39 is 5.70 Å². The van der Waals surface area contributed by atoms with E-state index in [-0.39, 0.29) is 0 Å². The van der Waals surface area contributed by atoms with E-state index in [4.69, 9.17) is 11.2 Å². The molecule has 0 heterocycles. The largest absolute Gasteiger partial charge is 0.295 e. The Balaban J connectivity index is 3.55. The van der Waals surface area contributed by atoms with Crippen LogP contribution >= 0.6 is 28.3 Å². The van der Waals surface area contributed by atoms with Crippen LogP contribution in [0.15, 0.2) is 0 Å². The summed E-state index contributed by atoms with van der Waals surface area (Å²) in [5, 5.41) is 0. The summed E-state index contributed by atoms with van der Waals surface area (Å²) in [6.45, 7) is 3.80. The molecule has 50 valence electrons. The van der Waals surface area contributed by atoms with Crippen molar-refractivity contribution in [2.24, 2.45) is 0 Å². The lowest BCUT2D eigenvalue weighted by Crippen LogP contribution is -1.70. The Kier molecular flexibility index (Phi) is 4.23. The third kappa shape index (κ3) is 3.82. The van der Waals surface area contributed by atoms with E-state index in [0.717, 1.165) is 5.75 Å². The van der Waals surface area contributed by atoms with E-state index in [1.165, 1.54) is 11.4 Å². The van der Waals surface area contributed by atoms with E-state index >= 15 is 0 Å². The number of hydrogen-bond acceptors (Lipinski definition) is 2. The monoisotopic (exact) mass is 172 g/mol. The van der Waals surface area contributed by atoms with E-state index in [2.05, 4.69) is 0 Å². The Morgan fingerprint density at radius 1 is 1.62 bits per heavy atom. The summed E-state index contributed by atoms with van der Waals surface area (Å²) >= 11 is 6.89. The van der Waals surface area contributed by atoms with Crippen molar-refractivity contribution in [2.75, 3.05) is 11.9 Å². The molecule has 0 aromatic heterocycles. The average molecular weight is 173 g/mol. The van der Waals surface area contributed by atoms with E-state index in [1.807, 2.05) is 13.8 Å². The van der Waals surface area contributed by atoms with E-state index in [9.17, 15) is 4.57 Å². The average Bonchev–Trinajstić information content (AvgIpc) is 1.67. The number of rotatable bonds is 3. The second-order valence-electron chi connectivity index (χ2n) is 1.32. The van der Waals surface area contributed by atoms with Crippen LogP contribution in [-0.4, -0.2) is 11.9 Å². The van der Waals surface area contributed by atoms with Gasteiger partial charge in [0, 0.05) is 6.16 Å². The van der Waals surface area contributed by atoms with Crippen molar-refractivity contribution in [3.8, 4) is 0 Å². The highest BCUT2D eigenvalue weighted by molar-refractivity contribution is 8.65. The molecule has 1 atom stereocenters. The molecule has 0 aliphatic heterocycles. The molecular weight excluding hydrogens is 163 g/mol. The Hall–Kier alpha value is 0.870. The highest BCUT2D eigenvalue weighted by Gasteiger charge is 2.13. The zero-order valence-corrected chi connectivity index (χ0v) is 7.52. The summed E-state index contributed by atoms with van der Waals surface area (Å²) in [6.07, 6.45) is 0.590. The molecule has 0 radical (unpaired) electrons. The normalized spacial score (nSPS) is 17.9. The molecule has 0 saturated heterocycles. The van der Waals surface area contributed by atoms with Crippen molar-refractivity contribution in [1.29, 1.82) is 0 Å². The number of halogens is 1. The maximum absolute atomic E-state index is 10.9. The Morgan fingerprint density at radius 2 is 2.12 bits per heavy atom. The fraction of sp³-hybridized carbons (Fsp3) is 1.00. The summed E-state index contributed by atoms with van der Waals surface area (Å²) < 4.78 is 10.9. The molecule has 0 fully saturated rings. The van der Waals surface area contributed by atoms with Gasteiger partial charge < -0.3 is 0 Å². The fourth-order valence-electron chi connectivity index (χ4n) is 0.284. The third-order valence-electron chi connectivity index (χ3n) is 0.700. The molecule has 0 aromatic rings. The minimum absolute atomic E-state index is 0.590. The van der Waals surface area contributed by atoms with Gasteiger partial charge in [0.2, 0.25) is 5.70 Å². The molecule has 0 rings (SSSR count). The Labute approximate surface area is 59.1 Å². The van der Waals surface area contributed by atoms with Gasteiger partial charge in [-0.15, -0.1) is 0 Å². The fourth-order valence-corrected chi connectivity index (χ4v) is 3.43. The van der Waals surface area contributed by atoms with Crippen molar-refractivity contribution >= 4 is 28.3 Å². The molecule has 0 bridgehead atoms. The van der Waals surface area contributed by atoms with Crippen LogP contribution in [-0.2, 0) is 4.57 Å². The second-order valence-corrected chi connectivity index (χ2v) is 8.76. The molecule has 1 unspecified atom stereocenters. The first-order valence-electron chi connectivity index (χ1n) is 2.55. The van der Waals surface area contributed by atoms with Gasteiger partial charge in [0.05, 0.1) is 0 Å². The van der Waals surface area contributed by atoms with E-state index in [0.29, 0.717) is 6.16 Å². The quantitative estimate of drug-likeness (QED) is 0.609. The van der Waals surface area contributed by atoms with Gasteiger partial charge in [-0.2, -0.15) is 0 Å². The predicted molar refractivity (Wildman–Crippen MR) is 42.1 cm³/mol. The van der Waals surface area contributed by atoms with Crippen LogP contribution in [0.5, 0.6) is 0 Å². The summed E-state index contributed by atoms with van der Waals surface area (Å²) in [5.41, 5.74) is -2.28. The number of hydrogen-bond donors (Lipinski definition) is 0. The Bertz CT molecular complexity index is 106. The van der Waals surface area contributed by atoms with Crippen LogP contribution in [0.1, 0.15) is 13.8 Å². The zero-order chi connectivity index (χ0) is 6.62. The lowest BCUT2D eigenvalue weighted by Gasteiger charge is -2.02. The minimum atomic E-state index is -2.28. The molecule has 8 heavy (non-hydrogen) atoms. The predicted octanol–water partition coefficient (Wildman–Crippen LogP) is 3.19. The van der Waals surface area contributed by atoms with Crippen LogP contribution in [0.3, 0.4) is 0 Å². The first kappa shape index (κ1) is 8.87. The minimum Gasteiger partial charge on any atom is -0.295 e. The molecule has 0 aliphatic carbocycles. The van der Waals surface area contributed by atoms with Crippen molar-refractivity contribution in [1.82, 2.24) is 0 Å². The van der Waals surface area contributed by atoms with Gasteiger partial charge in [-0.3, -0.25) is 4.57 Å². The smallest absolute Gasteiger partial charge is 0.221 e. The van der Waals surface area contributed by atoms with Crippen LogP contribution in [0, 0.1) is 0 Å². The first-order chi connectivity index (χ1) is 3.62. The van der Waals surface area contributed by atoms with Gasteiger partial charge in [-0.05, 0) is 17.0 Å². The molecular formula is C4H10ClOPS.